The second-order valence-corrected chi connectivity index (χ2v) is 7.17. The molecule has 2 N–H and O–H groups in total. The SMILES string of the molecule is CCC(O)c1cccc(S(=O)(=O)NCCCCN(C)C)c1. The van der Waals surface area contributed by atoms with Gasteiger partial charge in [0.1, 0.15) is 0 Å². The fourth-order valence-corrected chi connectivity index (χ4v) is 3.10. The molecule has 120 valence electrons. The van der Waals surface area contributed by atoms with Crippen LogP contribution in [0.15, 0.2) is 29.2 Å². The van der Waals surface area contributed by atoms with E-state index in [0.717, 1.165) is 19.4 Å². The highest BCUT2D eigenvalue weighted by molar-refractivity contribution is 7.89. The molecule has 0 amide bonds. The van der Waals surface area contributed by atoms with Crippen LogP contribution in [0, 0.1) is 0 Å². The molecule has 0 heterocycles. The van der Waals surface area contributed by atoms with Crippen molar-refractivity contribution in [3.63, 3.8) is 0 Å². The molecule has 0 aliphatic rings. The number of unbranched alkanes of at least 4 members (excludes halogenated alkanes) is 1. The molecule has 0 bridgehead atoms. The molecule has 1 atom stereocenters. The Morgan fingerprint density at radius 3 is 2.62 bits per heavy atom. The summed E-state index contributed by atoms with van der Waals surface area (Å²) in [5.41, 5.74) is 0.632. The molecular formula is C15H26N2O3S. The average molecular weight is 314 g/mol. The van der Waals surface area contributed by atoms with E-state index in [1.54, 1.807) is 18.2 Å². The molecule has 1 aromatic rings. The molecule has 21 heavy (non-hydrogen) atoms. The number of nitrogens with one attached hydrogen (secondary N) is 1. The smallest absolute Gasteiger partial charge is 0.240 e. The van der Waals surface area contributed by atoms with Crippen LogP contribution in [0.2, 0.25) is 0 Å². The molecule has 1 aromatic carbocycles. The molecule has 5 nitrogen and oxygen atoms in total. The lowest BCUT2D eigenvalue weighted by molar-refractivity contribution is 0.173. The Labute approximate surface area is 128 Å². The van der Waals surface area contributed by atoms with E-state index >= 15 is 0 Å². The van der Waals surface area contributed by atoms with Gasteiger partial charge in [-0.3, -0.25) is 0 Å². The van der Waals surface area contributed by atoms with Gasteiger partial charge < -0.3 is 10.0 Å². The summed E-state index contributed by atoms with van der Waals surface area (Å²) in [6.45, 7) is 3.23. The highest BCUT2D eigenvalue weighted by Gasteiger charge is 2.15. The number of aliphatic hydroxyl groups excluding tert-OH is 1. The highest BCUT2D eigenvalue weighted by Crippen LogP contribution is 2.19. The first-order valence-electron chi connectivity index (χ1n) is 7.29. The lowest BCUT2D eigenvalue weighted by Crippen LogP contribution is -2.25. The number of sulfonamides is 1. The van der Waals surface area contributed by atoms with Gasteiger partial charge >= 0.3 is 0 Å². The van der Waals surface area contributed by atoms with Gasteiger partial charge in [-0.15, -0.1) is 0 Å². The van der Waals surface area contributed by atoms with Crippen molar-refractivity contribution in [2.75, 3.05) is 27.2 Å². The standard InChI is InChI=1S/C15H26N2O3S/c1-4-15(18)13-8-7-9-14(12-13)21(19,20)16-10-5-6-11-17(2)3/h7-9,12,15-16,18H,4-6,10-11H2,1-3H3. The predicted molar refractivity (Wildman–Crippen MR) is 84.7 cm³/mol. The fraction of sp³-hybridized carbons (Fsp3) is 0.600. The van der Waals surface area contributed by atoms with E-state index < -0.39 is 16.1 Å². The van der Waals surface area contributed by atoms with Gasteiger partial charge in [-0.25, -0.2) is 13.1 Å². The highest BCUT2D eigenvalue weighted by atomic mass is 32.2. The zero-order valence-corrected chi connectivity index (χ0v) is 13.9. The van der Waals surface area contributed by atoms with Crippen molar-refractivity contribution >= 4 is 10.0 Å². The second kappa shape index (κ2) is 8.48. The molecule has 0 aliphatic carbocycles. The van der Waals surface area contributed by atoms with Crippen molar-refractivity contribution in [1.82, 2.24) is 9.62 Å². The first-order chi connectivity index (χ1) is 9.86. The van der Waals surface area contributed by atoms with Gasteiger partial charge in [0.25, 0.3) is 0 Å². The van der Waals surface area contributed by atoms with Crippen molar-refractivity contribution in [1.29, 1.82) is 0 Å². The molecule has 1 unspecified atom stereocenters. The van der Waals surface area contributed by atoms with E-state index in [4.69, 9.17) is 0 Å². The zero-order chi connectivity index (χ0) is 15.9. The molecule has 0 aromatic heterocycles. The van der Waals surface area contributed by atoms with Gasteiger partial charge in [0, 0.05) is 6.54 Å². The van der Waals surface area contributed by atoms with Crippen LogP contribution in [0.3, 0.4) is 0 Å². The average Bonchev–Trinajstić information content (AvgIpc) is 2.45. The summed E-state index contributed by atoms with van der Waals surface area (Å²) >= 11 is 0. The summed E-state index contributed by atoms with van der Waals surface area (Å²) in [6, 6.07) is 6.49. The summed E-state index contributed by atoms with van der Waals surface area (Å²) in [6.07, 6.45) is 1.68. The number of hydrogen-bond donors (Lipinski definition) is 2. The quantitative estimate of drug-likeness (QED) is 0.681. The van der Waals surface area contributed by atoms with Crippen LogP contribution in [0.5, 0.6) is 0 Å². The van der Waals surface area contributed by atoms with Gasteiger partial charge in [-0.2, -0.15) is 0 Å². The molecule has 0 saturated carbocycles. The lowest BCUT2D eigenvalue weighted by Gasteiger charge is -2.12. The van der Waals surface area contributed by atoms with E-state index in [2.05, 4.69) is 9.62 Å². The lowest BCUT2D eigenvalue weighted by atomic mass is 10.1. The van der Waals surface area contributed by atoms with Crippen LogP contribution >= 0.6 is 0 Å². The van der Waals surface area contributed by atoms with E-state index in [0.29, 0.717) is 18.5 Å². The summed E-state index contributed by atoms with van der Waals surface area (Å²) in [7, 11) is 0.490. The van der Waals surface area contributed by atoms with E-state index in [1.165, 1.54) is 6.07 Å². The van der Waals surface area contributed by atoms with Crippen molar-refractivity contribution in [2.24, 2.45) is 0 Å². The maximum atomic E-state index is 12.2. The van der Waals surface area contributed by atoms with Crippen molar-refractivity contribution < 1.29 is 13.5 Å². The van der Waals surface area contributed by atoms with Crippen molar-refractivity contribution in [3.05, 3.63) is 29.8 Å². The Bertz CT molecular complexity index is 529. The van der Waals surface area contributed by atoms with Gasteiger partial charge in [-0.05, 0) is 57.6 Å². The number of aliphatic hydroxyl groups is 1. The molecule has 0 fully saturated rings. The topological polar surface area (TPSA) is 69.6 Å². The molecule has 6 heteroatoms. The summed E-state index contributed by atoms with van der Waals surface area (Å²) < 4.78 is 27.0. The van der Waals surface area contributed by atoms with Gasteiger partial charge in [0.05, 0.1) is 11.0 Å². The Kier molecular flexibility index (Phi) is 7.31. The number of nitrogens with zero attached hydrogens (tertiary/aromatic N) is 1. The van der Waals surface area contributed by atoms with E-state index in [-0.39, 0.29) is 4.90 Å². The van der Waals surface area contributed by atoms with Gasteiger partial charge in [0.2, 0.25) is 10.0 Å². The normalized spacial score (nSPS) is 13.6. The summed E-state index contributed by atoms with van der Waals surface area (Å²) in [5, 5.41) is 9.80. The zero-order valence-electron chi connectivity index (χ0n) is 13.0. The maximum absolute atomic E-state index is 12.2. The minimum atomic E-state index is -3.50. The molecule has 0 spiro atoms. The Morgan fingerprint density at radius 1 is 1.29 bits per heavy atom. The first kappa shape index (κ1) is 18.1. The van der Waals surface area contributed by atoms with E-state index in [1.807, 2.05) is 21.0 Å². The molecule has 0 saturated heterocycles. The maximum Gasteiger partial charge on any atom is 0.240 e. The largest absolute Gasteiger partial charge is 0.388 e. The Balaban J connectivity index is 2.62. The fourth-order valence-electron chi connectivity index (χ4n) is 1.97. The minimum Gasteiger partial charge on any atom is -0.388 e. The van der Waals surface area contributed by atoms with Crippen LogP contribution in [-0.2, 0) is 10.0 Å². The third-order valence-corrected chi connectivity index (χ3v) is 4.72. The van der Waals surface area contributed by atoms with Crippen LogP contribution in [0.25, 0.3) is 0 Å². The van der Waals surface area contributed by atoms with Gasteiger partial charge in [-0.1, -0.05) is 19.1 Å². The monoisotopic (exact) mass is 314 g/mol. The number of hydrogen-bond acceptors (Lipinski definition) is 4. The van der Waals surface area contributed by atoms with Gasteiger partial charge in [0.15, 0.2) is 0 Å². The van der Waals surface area contributed by atoms with Crippen molar-refractivity contribution in [3.8, 4) is 0 Å². The third kappa shape index (κ3) is 6.13. The number of rotatable bonds is 9. The minimum absolute atomic E-state index is 0.208. The van der Waals surface area contributed by atoms with Crippen LogP contribution in [-0.4, -0.2) is 45.6 Å². The third-order valence-electron chi connectivity index (χ3n) is 3.26. The van der Waals surface area contributed by atoms with Crippen LogP contribution in [0.1, 0.15) is 37.9 Å². The van der Waals surface area contributed by atoms with Crippen LogP contribution < -0.4 is 4.72 Å². The summed E-state index contributed by atoms with van der Waals surface area (Å²) in [4.78, 5) is 2.28. The molecule has 1 rings (SSSR count). The van der Waals surface area contributed by atoms with E-state index in [9.17, 15) is 13.5 Å². The predicted octanol–water partition coefficient (Wildman–Crippen LogP) is 1.75. The van der Waals surface area contributed by atoms with Crippen LogP contribution in [0.4, 0.5) is 0 Å². The molecule has 0 radical (unpaired) electrons. The van der Waals surface area contributed by atoms with Crippen molar-refractivity contribution in [2.45, 2.75) is 37.2 Å². The second-order valence-electron chi connectivity index (χ2n) is 5.40. The first-order valence-corrected chi connectivity index (χ1v) is 8.77. The molecule has 0 aliphatic heterocycles. The number of benzene rings is 1. The molecular weight excluding hydrogens is 288 g/mol. The summed E-state index contributed by atoms with van der Waals surface area (Å²) in [5.74, 6) is 0. The Hall–Kier alpha value is -0.950. The Morgan fingerprint density at radius 2 is 2.00 bits per heavy atom.